The average molecular weight is 385 g/mol. The molecule has 144 valence electrons. The van der Waals surface area contributed by atoms with Crippen LogP contribution in [-0.2, 0) is 0 Å². The summed E-state index contributed by atoms with van der Waals surface area (Å²) in [7, 11) is 0. The third kappa shape index (κ3) is 3.60. The molecule has 3 aromatic carbocycles. The van der Waals surface area contributed by atoms with Crippen LogP contribution in [0, 0.1) is 6.92 Å². The topological polar surface area (TPSA) is 84.2 Å². The SMILES string of the molecule is Cc1nc2ccc(C(=O)O)cc2n1C(NC(=O)c1ccccc1)c1ccccc1. The maximum Gasteiger partial charge on any atom is 0.335 e. The molecule has 6 nitrogen and oxygen atoms in total. The summed E-state index contributed by atoms with van der Waals surface area (Å²) in [4.78, 5) is 28.9. The summed E-state index contributed by atoms with van der Waals surface area (Å²) < 4.78 is 1.86. The molecule has 2 N–H and O–H groups in total. The number of imidazole rings is 1. The van der Waals surface area contributed by atoms with E-state index >= 15 is 0 Å². The van der Waals surface area contributed by atoms with Crippen molar-refractivity contribution in [2.45, 2.75) is 13.1 Å². The molecule has 1 atom stereocenters. The zero-order chi connectivity index (χ0) is 20.4. The van der Waals surface area contributed by atoms with Crippen molar-refractivity contribution in [3.63, 3.8) is 0 Å². The van der Waals surface area contributed by atoms with Gasteiger partial charge in [-0.05, 0) is 42.8 Å². The molecule has 4 rings (SSSR count). The van der Waals surface area contributed by atoms with E-state index in [9.17, 15) is 14.7 Å². The summed E-state index contributed by atoms with van der Waals surface area (Å²) in [6.07, 6.45) is -0.544. The molecule has 0 aliphatic rings. The number of aromatic carboxylic acids is 1. The summed E-state index contributed by atoms with van der Waals surface area (Å²) in [5, 5.41) is 12.5. The van der Waals surface area contributed by atoms with E-state index in [1.807, 2.05) is 60.0 Å². The van der Waals surface area contributed by atoms with Crippen molar-refractivity contribution in [1.29, 1.82) is 0 Å². The van der Waals surface area contributed by atoms with Crippen LogP contribution in [0.4, 0.5) is 0 Å². The van der Waals surface area contributed by atoms with E-state index < -0.39 is 12.1 Å². The Kier molecular flexibility index (Phi) is 4.83. The van der Waals surface area contributed by atoms with Gasteiger partial charge in [-0.3, -0.25) is 4.79 Å². The highest BCUT2D eigenvalue weighted by Gasteiger charge is 2.22. The number of benzene rings is 3. The first kappa shape index (κ1) is 18.4. The zero-order valence-electron chi connectivity index (χ0n) is 15.7. The summed E-state index contributed by atoms with van der Waals surface area (Å²) in [5.41, 5.74) is 2.88. The monoisotopic (exact) mass is 385 g/mol. The van der Waals surface area contributed by atoms with E-state index in [0.29, 0.717) is 22.4 Å². The molecule has 1 amide bonds. The van der Waals surface area contributed by atoms with Gasteiger partial charge in [0, 0.05) is 5.56 Å². The van der Waals surface area contributed by atoms with Gasteiger partial charge in [0.15, 0.2) is 0 Å². The lowest BCUT2D eigenvalue weighted by atomic mass is 10.1. The molecule has 1 aromatic heterocycles. The lowest BCUT2D eigenvalue weighted by Crippen LogP contribution is -2.33. The molecule has 1 unspecified atom stereocenters. The Bertz CT molecular complexity index is 1180. The van der Waals surface area contributed by atoms with Crippen LogP contribution in [0.15, 0.2) is 78.9 Å². The number of amides is 1. The third-order valence-corrected chi connectivity index (χ3v) is 4.79. The molecule has 1 heterocycles. The van der Waals surface area contributed by atoms with E-state index in [4.69, 9.17) is 0 Å². The van der Waals surface area contributed by atoms with Crippen LogP contribution in [0.2, 0.25) is 0 Å². The highest BCUT2D eigenvalue weighted by atomic mass is 16.4. The maximum atomic E-state index is 12.9. The predicted molar refractivity (Wildman–Crippen MR) is 110 cm³/mol. The molecule has 0 spiro atoms. The molecule has 0 saturated carbocycles. The highest BCUT2D eigenvalue weighted by Crippen LogP contribution is 2.26. The number of carbonyl (C=O) groups excluding carboxylic acids is 1. The Labute approximate surface area is 167 Å². The minimum Gasteiger partial charge on any atom is -0.478 e. The van der Waals surface area contributed by atoms with Gasteiger partial charge in [0.2, 0.25) is 0 Å². The number of hydrogen-bond acceptors (Lipinski definition) is 3. The molecule has 4 aromatic rings. The number of nitrogens with zero attached hydrogens (tertiary/aromatic N) is 2. The van der Waals surface area contributed by atoms with Crippen LogP contribution in [0.5, 0.6) is 0 Å². The summed E-state index contributed by atoms with van der Waals surface area (Å²) >= 11 is 0. The minimum absolute atomic E-state index is 0.167. The molecule has 29 heavy (non-hydrogen) atoms. The van der Waals surface area contributed by atoms with Gasteiger partial charge in [-0.1, -0.05) is 48.5 Å². The number of carbonyl (C=O) groups is 2. The number of rotatable bonds is 5. The molecule has 0 aliphatic heterocycles. The third-order valence-electron chi connectivity index (χ3n) is 4.79. The Morgan fingerprint density at radius 2 is 1.59 bits per heavy atom. The number of nitrogens with one attached hydrogen (secondary N) is 1. The number of aryl methyl sites for hydroxylation is 1. The second-order valence-electron chi connectivity index (χ2n) is 6.69. The van der Waals surface area contributed by atoms with Crippen molar-refractivity contribution < 1.29 is 14.7 Å². The second-order valence-corrected chi connectivity index (χ2v) is 6.69. The predicted octanol–water partition coefficient (Wildman–Crippen LogP) is 4.02. The quantitative estimate of drug-likeness (QED) is 0.543. The normalized spacial score (nSPS) is 11.9. The van der Waals surface area contributed by atoms with E-state index in [2.05, 4.69) is 10.3 Å². The van der Waals surface area contributed by atoms with Gasteiger partial charge < -0.3 is 15.0 Å². The van der Waals surface area contributed by atoms with Gasteiger partial charge in [0.25, 0.3) is 5.91 Å². The molecule has 0 saturated heterocycles. The molecule has 6 heteroatoms. The number of carboxylic acid groups (broad SMARTS) is 1. The van der Waals surface area contributed by atoms with Gasteiger partial charge in [-0.25, -0.2) is 9.78 Å². The van der Waals surface area contributed by atoms with E-state index in [0.717, 1.165) is 5.56 Å². The van der Waals surface area contributed by atoms with E-state index in [1.165, 1.54) is 6.07 Å². The Balaban J connectivity index is 1.85. The Morgan fingerprint density at radius 1 is 0.931 bits per heavy atom. The first-order chi connectivity index (χ1) is 14.0. The van der Waals surface area contributed by atoms with Crippen LogP contribution in [0.1, 0.15) is 38.3 Å². The lowest BCUT2D eigenvalue weighted by molar-refractivity contribution is 0.0696. The number of fused-ring (bicyclic) bond motifs is 1. The molecular weight excluding hydrogens is 366 g/mol. The van der Waals surface area contributed by atoms with Crippen molar-refractivity contribution in [3.05, 3.63) is 101 Å². The molecule has 0 fully saturated rings. The first-order valence-corrected chi connectivity index (χ1v) is 9.17. The van der Waals surface area contributed by atoms with Gasteiger partial charge in [0.05, 0.1) is 16.6 Å². The second kappa shape index (κ2) is 7.59. The maximum absolute atomic E-state index is 12.9. The van der Waals surface area contributed by atoms with Gasteiger partial charge >= 0.3 is 5.97 Å². The van der Waals surface area contributed by atoms with Crippen molar-refractivity contribution >= 4 is 22.9 Å². The number of carboxylic acids is 1. The van der Waals surface area contributed by atoms with Crippen LogP contribution in [0.3, 0.4) is 0 Å². The highest BCUT2D eigenvalue weighted by molar-refractivity contribution is 5.95. The van der Waals surface area contributed by atoms with Crippen LogP contribution in [0.25, 0.3) is 11.0 Å². The zero-order valence-corrected chi connectivity index (χ0v) is 15.7. The van der Waals surface area contributed by atoms with Gasteiger partial charge in [-0.15, -0.1) is 0 Å². The molecule has 0 aliphatic carbocycles. The largest absolute Gasteiger partial charge is 0.478 e. The van der Waals surface area contributed by atoms with Crippen molar-refractivity contribution in [3.8, 4) is 0 Å². The lowest BCUT2D eigenvalue weighted by Gasteiger charge is -2.23. The molecular formula is C23H19N3O3. The van der Waals surface area contributed by atoms with Crippen LogP contribution in [-0.4, -0.2) is 26.5 Å². The molecule has 0 bridgehead atoms. The van der Waals surface area contributed by atoms with Crippen molar-refractivity contribution in [2.75, 3.05) is 0 Å². The van der Waals surface area contributed by atoms with Gasteiger partial charge in [0.1, 0.15) is 12.0 Å². The fourth-order valence-corrected chi connectivity index (χ4v) is 3.40. The summed E-state index contributed by atoms with van der Waals surface area (Å²) in [5.74, 6) is -0.568. The summed E-state index contributed by atoms with van der Waals surface area (Å²) in [6, 6.07) is 23.3. The Hall–Kier alpha value is -3.93. The standard InChI is InChI=1S/C23H19N3O3/c1-15-24-19-13-12-18(23(28)29)14-20(19)26(15)21(16-8-4-2-5-9-16)25-22(27)17-10-6-3-7-11-17/h2-14,21H,1H3,(H,25,27)(H,28,29). The fourth-order valence-electron chi connectivity index (χ4n) is 3.40. The number of aromatic nitrogens is 2. The van der Waals surface area contributed by atoms with Crippen LogP contribution >= 0.6 is 0 Å². The summed E-state index contributed by atoms with van der Waals surface area (Å²) in [6.45, 7) is 1.84. The number of hydrogen-bond donors (Lipinski definition) is 2. The van der Waals surface area contributed by atoms with E-state index in [1.54, 1.807) is 24.3 Å². The van der Waals surface area contributed by atoms with Gasteiger partial charge in [-0.2, -0.15) is 0 Å². The first-order valence-electron chi connectivity index (χ1n) is 9.17. The van der Waals surface area contributed by atoms with Crippen molar-refractivity contribution in [1.82, 2.24) is 14.9 Å². The van der Waals surface area contributed by atoms with Crippen LogP contribution < -0.4 is 5.32 Å². The van der Waals surface area contributed by atoms with Crippen molar-refractivity contribution in [2.24, 2.45) is 0 Å². The average Bonchev–Trinajstić information content (AvgIpc) is 3.07. The molecule has 0 radical (unpaired) electrons. The fraction of sp³-hybridized carbons (Fsp3) is 0.0870. The Morgan fingerprint density at radius 3 is 2.24 bits per heavy atom. The minimum atomic E-state index is -1.01. The smallest absolute Gasteiger partial charge is 0.335 e. The van der Waals surface area contributed by atoms with E-state index in [-0.39, 0.29) is 11.5 Å².